The Morgan fingerprint density at radius 3 is 2.32 bits per heavy atom. The van der Waals surface area contributed by atoms with Crippen LogP contribution in [0.25, 0.3) is 10.6 Å². The average Bonchev–Trinajstić information content (AvgIpc) is 3.32. The van der Waals surface area contributed by atoms with E-state index < -0.39 is 23.4 Å². The molecular formula is C28H35FN4O4S. The average molecular weight is 543 g/mol. The van der Waals surface area contributed by atoms with E-state index in [1.165, 1.54) is 33.3 Å². The van der Waals surface area contributed by atoms with Gasteiger partial charge in [-0.2, -0.15) is 0 Å². The number of unbranched alkanes of at least 4 members (excludes halogenated alkanes) is 1. The molecule has 0 saturated carbocycles. The molecular weight excluding hydrogens is 507 g/mol. The van der Waals surface area contributed by atoms with Crippen LogP contribution in [0.15, 0.2) is 36.4 Å². The normalized spacial score (nSPS) is 11.3. The first-order valence-electron chi connectivity index (χ1n) is 12.6. The SMILES string of the molecule is CCCCN(C(=O)c1ccccc1F)c1nnc(-c2cc(C)c(OCCN(C(=O)O)C(C)(C)C)c(C)c2)s1. The first-order valence-corrected chi connectivity index (χ1v) is 13.4. The topological polar surface area (TPSA) is 95.9 Å². The lowest BCUT2D eigenvalue weighted by Crippen LogP contribution is -2.46. The monoisotopic (exact) mass is 542 g/mol. The molecule has 8 nitrogen and oxygen atoms in total. The zero-order valence-electron chi connectivity index (χ0n) is 22.7. The number of carboxylic acid groups (broad SMARTS) is 1. The molecule has 38 heavy (non-hydrogen) atoms. The molecule has 0 aliphatic carbocycles. The van der Waals surface area contributed by atoms with Crippen molar-refractivity contribution in [3.63, 3.8) is 0 Å². The van der Waals surface area contributed by atoms with Gasteiger partial charge in [0.1, 0.15) is 23.2 Å². The molecule has 1 heterocycles. The van der Waals surface area contributed by atoms with Gasteiger partial charge in [-0.3, -0.25) is 9.69 Å². The second kappa shape index (κ2) is 12.3. The van der Waals surface area contributed by atoms with Crippen molar-refractivity contribution in [1.29, 1.82) is 0 Å². The van der Waals surface area contributed by atoms with Gasteiger partial charge in [-0.15, -0.1) is 10.2 Å². The lowest BCUT2D eigenvalue weighted by Gasteiger charge is -2.33. The van der Waals surface area contributed by atoms with Crippen LogP contribution in [0.5, 0.6) is 5.75 Å². The van der Waals surface area contributed by atoms with E-state index in [1.54, 1.807) is 12.1 Å². The van der Waals surface area contributed by atoms with Crippen molar-refractivity contribution in [2.24, 2.45) is 0 Å². The van der Waals surface area contributed by atoms with Crippen molar-refractivity contribution in [1.82, 2.24) is 15.1 Å². The molecule has 204 valence electrons. The van der Waals surface area contributed by atoms with Crippen molar-refractivity contribution in [2.45, 2.75) is 59.9 Å². The van der Waals surface area contributed by atoms with Crippen LogP contribution in [0.4, 0.5) is 14.3 Å². The van der Waals surface area contributed by atoms with Crippen molar-refractivity contribution in [2.75, 3.05) is 24.6 Å². The van der Waals surface area contributed by atoms with Crippen LogP contribution in [-0.4, -0.2) is 57.4 Å². The summed E-state index contributed by atoms with van der Waals surface area (Å²) in [7, 11) is 0. The summed E-state index contributed by atoms with van der Waals surface area (Å²) in [5.41, 5.74) is 2.05. The highest BCUT2D eigenvalue weighted by Crippen LogP contribution is 2.34. The smallest absolute Gasteiger partial charge is 0.407 e. The van der Waals surface area contributed by atoms with Gasteiger partial charge in [-0.1, -0.05) is 36.8 Å². The molecule has 3 rings (SSSR count). The van der Waals surface area contributed by atoms with Gasteiger partial charge in [-0.05, 0) is 76.4 Å². The van der Waals surface area contributed by atoms with Gasteiger partial charge in [0.25, 0.3) is 5.91 Å². The molecule has 10 heteroatoms. The summed E-state index contributed by atoms with van der Waals surface area (Å²) < 4.78 is 20.3. The molecule has 2 aromatic carbocycles. The second-order valence-corrected chi connectivity index (χ2v) is 11.0. The van der Waals surface area contributed by atoms with Gasteiger partial charge in [-0.25, -0.2) is 9.18 Å². The number of hydrogen-bond donors (Lipinski definition) is 1. The summed E-state index contributed by atoms with van der Waals surface area (Å²) in [5.74, 6) is -0.322. The van der Waals surface area contributed by atoms with Crippen LogP contribution >= 0.6 is 11.3 Å². The van der Waals surface area contributed by atoms with Crippen LogP contribution in [0.2, 0.25) is 0 Å². The highest BCUT2D eigenvalue weighted by Gasteiger charge is 2.26. The van der Waals surface area contributed by atoms with Crippen LogP contribution in [0, 0.1) is 19.7 Å². The number of ether oxygens (including phenoxy) is 1. The van der Waals surface area contributed by atoms with Gasteiger partial charge < -0.3 is 14.7 Å². The van der Waals surface area contributed by atoms with Crippen molar-refractivity contribution >= 4 is 28.5 Å². The fraction of sp³-hybridized carbons (Fsp3) is 0.429. The van der Waals surface area contributed by atoms with Crippen LogP contribution in [0.1, 0.15) is 62.0 Å². The maximum atomic E-state index is 14.3. The molecule has 1 N–H and O–H groups in total. The first kappa shape index (κ1) is 29.0. The lowest BCUT2D eigenvalue weighted by atomic mass is 10.1. The number of aryl methyl sites for hydroxylation is 2. The number of amides is 2. The maximum absolute atomic E-state index is 14.3. The van der Waals surface area contributed by atoms with E-state index in [1.807, 2.05) is 53.7 Å². The third-order valence-electron chi connectivity index (χ3n) is 6.04. The van der Waals surface area contributed by atoms with E-state index >= 15 is 0 Å². The highest BCUT2D eigenvalue weighted by atomic mass is 32.1. The third kappa shape index (κ3) is 6.86. The van der Waals surface area contributed by atoms with E-state index in [2.05, 4.69) is 10.2 Å². The molecule has 2 amide bonds. The highest BCUT2D eigenvalue weighted by molar-refractivity contribution is 7.18. The lowest BCUT2D eigenvalue weighted by molar-refractivity contribution is 0.0890. The summed E-state index contributed by atoms with van der Waals surface area (Å²) in [6.07, 6.45) is 0.624. The molecule has 0 spiro atoms. The summed E-state index contributed by atoms with van der Waals surface area (Å²) in [4.78, 5) is 27.6. The van der Waals surface area contributed by atoms with E-state index in [9.17, 15) is 19.1 Å². The number of aromatic nitrogens is 2. The van der Waals surface area contributed by atoms with Gasteiger partial charge >= 0.3 is 6.09 Å². The van der Waals surface area contributed by atoms with Gasteiger partial charge in [0.15, 0.2) is 0 Å². The minimum Gasteiger partial charge on any atom is -0.491 e. The molecule has 0 aliphatic rings. The van der Waals surface area contributed by atoms with Crippen molar-refractivity contribution in [3.05, 3.63) is 58.9 Å². The quantitative estimate of drug-likeness (QED) is 0.311. The summed E-state index contributed by atoms with van der Waals surface area (Å²) in [5, 5.41) is 19.1. The Hall–Kier alpha value is -3.53. The zero-order chi connectivity index (χ0) is 28.0. The Kier molecular flexibility index (Phi) is 9.43. The standard InChI is InChI=1S/C28H35FN4O4S/c1-7-8-13-32(25(34)21-11-9-10-12-22(21)29)26-31-30-24(38-26)20-16-18(2)23(19(3)17-20)37-15-14-33(27(35)36)28(4,5)6/h9-12,16-17H,7-8,13-15H2,1-6H3,(H,35,36). The summed E-state index contributed by atoms with van der Waals surface area (Å²) >= 11 is 1.27. The number of nitrogens with zero attached hydrogens (tertiary/aromatic N) is 4. The minimum atomic E-state index is -0.988. The largest absolute Gasteiger partial charge is 0.491 e. The molecule has 3 aromatic rings. The van der Waals surface area contributed by atoms with Gasteiger partial charge in [0, 0.05) is 17.6 Å². The van der Waals surface area contributed by atoms with E-state index in [4.69, 9.17) is 4.74 Å². The summed E-state index contributed by atoms with van der Waals surface area (Å²) in [6, 6.07) is 9.80. The zero-order valence-corrected chi connectivity index (χ0v) is 23.6. The second-order valence-electron chi connectivity index (χ2n) is 10.1. The van der Waals surface area contributed by atoms with Crippen LogP contribution in [-0.2, 0) is 0 Å². The Balaban J connectivity index is 1.81. The Morgan fingerprint density at radius 2 is 1.74 bits per heavy atom. The molecule has 0 saturated heterocycles. The van der Waals surface area contributed by atoms with E-state index in [0.29, 0.717) is 22.4 Å². The Bertz CT molecular complexity index is 1260. The molecule has 0 radical (unpaired) electrons. The fourth-order valence-electron chi connectivity index (χ4n) is 4.08. The Morgan fingerprint density at radius 1 is 1.08 bits per heavy atom. The molecule has 0 bridgehead atoms. The third-order valence-corrected chi connectivity index (χ3v) is 7.03. The molecule has 0 atom stereocenters. The molecule has 0 aliphatic heterocycles. The number of carbonyl (C=O) groups excluding carboxylic acids is 1. The number of hydrogen-bond acceptors (Lipinski definition) is 6. The van der Waals surface area contributed by atoms with Crippen LogP contribution < -0.4 is 9.64 Å². The molecule has 0 unspecified atom stereocenters. The molecule has 0 fully saturated rings. The van der Waals surface area contributed by atoms with Crippen molar-refractivity contribution in [3.8, 4) is 16.3 Å². The van der Waals surface area contributed by atoms with Crippen LogP contribution in [0.3, 0.4) is 0 Å². The summed E-state index contributed by atoms with van der Waals surface area (Å²) in [6.45, 7) is 12.3. The van der Waals surface area contributed by atoms with Gasteiger partial charge in [0.05, 0.1) is 12.1 Å². The van der Waals surface area contributed by atoms with Crippen molar-refractivity contribution < 1.29 is 23.8 Å². The predicted molar refractivity (Wildman–Crippen MR) is 148 cm³/mol. The number of anilines is 1. The fourth-order valence-corrected chi connectivity index (χ4v) is 4.94. The van der Waals surface area contributed by atoms with E-state index in [0.717, 1.165) is 29.5 Å². The number of benzene rings is 2. The minimum absolute atomic E-state index is 0.00136. The first-order chi connectivity index (χ1) is 17.9. The molecule has 1 aromatic heterocycles. The number of rotatable bonds is 10. The number of carbonyl (C=O) groups is 2. The predicted octanol–water partition coefficient (Wildman–Crippen LogP) is 6.57. The van der Waals surface area contributed by atoms with Gasteiger partial charge in [0.2, 0.25) is 5.13 Å². The Labute approximate surface area is 227 Å². The maximum Gasteiger partial charge on any atom is 0.407 e. The number of halogens is 1. The van der Waals surface area contributed by atoms with E-state index in [-0.39, 0.29) is 18.7 Å².